The maximum Gasteiger partial charge on any atom is 0.243 e. The SMILES string of the molecule is CN(C)C1(CNS(=O)(=O)c2cccnc2Cl)CCCC1. The first kappa shape index (κ1) is 15.7. The van der Waals surface area contributed by atoms with Crippen molar-refractivity contribution in [3.8, 4) is 0 Å². The standard InChI is InChI=1S/C13H20ClN3O2S/c1-17(2)13(7-3-4-8-13)10-16-20(18,19)11-6-5-9-15-12(11)14/h5-6,9,16H,3-4,7-8,10H2,1-2H3. The molecule has 112 valence electrons. The molecule has 1 aliphatic rings. The summed E-state index contributed by atoms with van der Waals surface area (Å²) in [4.78, 5) is 5.97. The van der Waals surface area contributed by atoms with Crippen LogP contribution in [0, 0.1) is 0 Å². The Morgan fingerprint density at radius 2 is 2.05 bits per heavy atom. The third kappa shape index (κ3) is 3.14. The molecule has 0 saturated heterocycles. The molecule has 1 N–H and O–H groups in total. The van der Waals surface area contributed by atoms with Gasteiger partial charge in [0.1, 0.15) is 10.0 Å². The zero-order chi connectivity index (χ0) is 14.8. The molecule has 0 amide bonds. The molecule has 1 aromatic rings. The van der Waals surface area contributed by atoms with Crippen LogP contribution in [0.15, 0.2) is 23.2 Å². The van der Waals surface area contributed by atoms with E-state index in [2.05, 4.69) is 14.6 Å². The zero-order valence-electron chi connectivity index (χ0n) is 11.8. The molecule has 20 heavy (non-hydrogen) atoms. The molecule has 0 bridgehead atoms. The molecule has 0 atom stereocenters. The number of rotatable bonds is 5. The van der Waals surface area contributed by atoms with Crippen LogP contribution < -0.4 is 4.72 Å². The second-order valence-electron chi connectivity index (χ2n) is 5.44. The highest BCUT2D eigenvalue weighted by Gasteiger charge is 2.37. The van der Waals surface area contributed by atoms with Crippen LogP contribution in [0.5, 0.6) is 0 Å². The first-order valence-electron chi connectivity index (χ1n) is 6.65. The summed E-state index contributed by atoms with van der Waals surface area (Å²) in [6.07, 6.45) is 5.74. The fraction of sp³-hybridized carbons (Fsp3) is 0.615. The molecule has 1 aromatic heterocycles. The van der Waals surface area contributed by atoms with Crippen molar-refractivity contribution in [1.29, 1.82) is 0 Å². The number of halogens is 1. The van der Waals surface area contributed by atoms with E-state index in [4.69, 9.17) is 11.6 Å². The summed E-state index contributed by atoms with van der Waals surface area (Å²) >= 11 is 5.86. The first-order valence-corrected chi connectivity index (χ1v) is 8.51. The van der Waals surface area contributed by atoms with Gasteiger partial charge in [0.05, 0.1) is 0 Å². The molecule has 2 rings (SSSR count). The van der Waals surface area contributed by atoms with Gasteiger partial charge in [0, 0.05) is 18.3 Å². The number of nitrogens with zero attached hydrogens (tertiary/aromatic N) is 2. The van der Waals surface area contributed by atoms with Crippen LogP contribution in [0.1, 0.15) is 25.7 Å². The Labute approximate surface area is 125 Å². The molecule has 0 spiro atoms. The molecular formula is C13H20ClN3O2S. The van der Waals surface area contributed by atoms with Gasteiger partial charge in [-0.3, -0.25) is 0 Å². The molecular weight excluding hydrogens is 298 g/mol. The van der Waals surface area contributed by atoms with E-state index in [0.717, 1.165) is 25.7 Å². The van der Waals surface area contributed by atoms with Crippen molar-refractivity contribution in [2.24, 2.45) is 0 Å². The van der Waals surface area contributed by atoms with Crippen molar-refractivity contribution in [2.45, 2.75) is 36.1 Å². The maximum absolute atomic E-state index is 12.3. The van der Waals surface area contributed by atoms with Crippen LogP contribution in [0.3, 0.4) is 0 Å². The van der Waals surface area contributed by atoms with Gasteiger partial charge in [-0.1, -0.05) is 24.4 Å². The van der Waals surface area contributed by atoms with Crippen LogP contribution in [-0.2, 0) is 10.0 Å². The number of likely N-dealkylation sites (N-methyl/N-ethyl adjacent to an activating group) is 1. The average molecular weight is 318 g/mol. The summed E-state index contributed by atoms with van der Waals surface area (Å²) in [6, 6.07) is 3.03. The number of pyridine rings is 1. The molecule has 7 heteroatoms. The molecule has 0 radical (unpaired) electrons. The second-order valence-corrected chi connectivity index (χ2v) is 7.54. The van der Waals surface area contributed by atoms with Crippen LogP contribution in [-0.4, -0.2) is 44.5 Å². The second kappa shape index (κ2) is 5.97. The van der Waals surface area contributed by atoms with Crippen molar-refractivity contribution in [3.05, 3.63) is 23.5 Å². The van der Waals surface area contributed by atoms with Gasteiger partial charge in [0.15, 0.2) is 0 Å². The van der Waals surface area contributed by atoms with E-state index in [1.807, 2.05) is 14.1 Å². The lowest BCUT2D eigenvalue weighted by Gasteiger charge is -2.36. The minimum atomic E-state index is -3.62. The van der Waals surface area contributed by atoms with Crippen LogP contribution in [0.25, 0.3) is 0 Å². The van der Waals surface area contributed by atoms with Crippen molar-refractivity contribution in [1.82, 2.24) is 14.6 Å². The highest BCUT2D eigenvalue weighted by atomic mass is 35.5. The number of nitrogens with one attached hydrogen (secondary N) is 1. The Morgan fingerprint density at radius 3 is 2.60 bits per heavy atom. The zero-order valence-corrected chi connectivity index (χ0v) is 13.3. The van der Waals surface area contributed by atoms with E-state index in [1.165, 1.54) is 12.3 Å². The highest BCUT2D eigenvalue weighted by Crippen LogP contribution is 2.33. The summed E-state index contributed by atoms with van der Waals surface area (Å²) in [5.41, 5.74) is -0.0955. The average Bonchev–Trinajstić information content (AvgIpc) is 2.87. The Balaban J connectivity index is 2.15. The Morgan fingerprint density at radius 1 is 1.40 bits per heavy atom. The van der Waals surface area contributed by atoms with Gasteiger partial charge in [-0.15, -0.1) is 0 Å². The molecule has 1 aliphatic carbocycles. The number of hydrogen-bond acceptors (Lipinski definition) is 4. The lowest BCUT2D eigenvalue weighted by atomic mass is 9.97. The van der Waals surface area contributed by atoms with Crippen LogP contribution >= 0.6 is 11.6 Å². The van der Waals surface area contributed by atoms with E-state index in [-0.39, 0.29) is 15.6 Å². The van der Waals surface area contributed by atoms with E-state index in [1.54, 1.807) is 6.07 Å². The lowest BCUT2D eigenvalue weighted by Crippen LogP contribution is -2.50. The first-order chi connectivity index (χ1) is 9.37. The minimum absolute atomic E-state index is 0.00493. The van der Waals surface area contributed by atoms with Gasteiger partial charge in [-0.2, -0.15) is 0 Å². The Hall–Kier alpha value is -0.690. The largest absolute Gasteiger partial charge is 0.302 e. The van der Waals surface area contributed by atoms with Crippen molar-refractivity contribution >= 4 is 21.6 Å². The van der Waals surface area contributed by atoms with Crippen molar-refractivity contribution in [2.75, 3.05) is 20.6 Å². The van der Waals surface area contributed by atoms with Gasteiger partial charge < -0.3 is 4.90 Å². The monoisotopic (exact) mass is 317 g/mol. The predicted molar refractivity (Wildman–Crippen MR) is 79.3 cm³/mol. The van der Waals surface area contributed by atoms with Crippen LogP contribution in [0.2, 0.25) is 5.15 Å². The molecule has 5 nitrogen and oxygen atoms in total. The molecule has 1 fully saturated rings. The number of aromatic nitrogens is 1. The van der Waals surface area contributed by atoms with Crippen molar-refractivity contribution < 1.29 is 8.42 Å². The summed E-state index contributed by atoms with van der Waals surface area (Å²) in [6.45, 7) is 0.396. The summed E-state index contributed by atoms with van der Waals surface area (Å²) in [7, 11) is 0.372. The highest BCUT2D eigenvalue weighted by molar-refractivity contribution is 7.89. The van der Waals surface area contributed by atoms with Gasteiger partial charge in [0.25, 0.3) is 0 Å². The smallest absolute Gasteiger partial charge is 0.243 e. The lowest BCUT2D eigenvalue weighted by molar-refractivity contribution is 0.162. The molecule has 1 saturated carbocycles. The van der Waals surface area contributed by atoms with Gasteiger partial charge in [-0.25, -0.2) is 18.1 Å². The third-order valence-electron chi connectivity index (χ3n) is 4.09. The predicted octanol–water partition coefficient (Wildman–Crippen LogP) is 1.89. The fourth-order valence-electron chi connectivity index (χ4n) is 2.69. The minimum Gasteiger partial charge on any atom is -0.302 e. The van der Waals surface area contributed by atoms with Gasteiger partial charge in [0.2, 0.25) is 10.0 Å². The quantitative estimate of drug-likeness (QED) is 0.842. The van der Waals surface area contributed by atoms with Crippen LogP contribution in [0.4, 0.5) is 0 Å². The van der Waals surface area contributed by atoms with Gasteiger partial charge in [-0.05, 0) is 39.1 Å². The Bertz CT molecular complexity index is 569. The third-order valence-corrected chi connectivity index (χ3v) is 5.93. The fourth-order valence-corrected chi connectivity index (χ4v) is 4.26. The Kier molecular flexibility index (Phi) is 4.69. The number of sulfonamides is 1. The topological polar surface area (TPSA) is 62.3 Å². The normalized spacial score (nSPS) is 18.6. The molecule has 1 heterocycles. The van der Waals surface area contributed by atoms with Crippen molar-refractivity contribution in [3.63, 3.8) is 0 Å². The summed E-state index contributed by atoms with van der Waals surface area (Å²) in [5.74, 6) is 0. The summed E-state index contributed by atoms with van der Waals surface area (Å²) < 4.78 is 27.3. The molecule has 0 aromatic carbocycles. The van der Waals surface area contributed by atoms with E-state index < -0.39 is 10.0 Å². The number of hydrogen-bond donors (Lipinski definition) is 1. The maximum atomic E-state index is 12.3. The summed E-state index contributed by atoms with van der Waals surface area (Å²) in [5, 5.41) is 0.00493. The van der Waals surface area contributed by atoms with E-state index in [0.29, 0.717) is 6.54 Å². The molecule has 0 unspecified atom stereocenters. The van der Waals surface area contributed by atoms with Gasteiger partial charge >= 0.3 is 0 Å². The van der Waals surface area contributed by atoms with E-state index in [9.17, 15) is 8.42 Å². The van der Waals surface area contributed by atoms with E-state index >= 15 is 0 Å². The molecule has 0 aliphatic heterocycles.